The molecule has 0 bridgehead atoms. The van der Waals surface area contributed by atoms with Crippen molar-refractivity contribution in [1.82, 2.24) is 20.4 Å². The number of aromatic nitrogens is 2. The van der Waals surface area contributed by atoms with Gasteiger partial charge in [0.2, 0.25) is 0 Å². The van der Waals surface area contributed by atoms with Gasteiger partial charge in [-0.1, -0.05) is 26.2 Å². The molecule has 1 aromatic carbocycles. The maximum Gasteiger partial charge on any atom is 0.269 e. The van der Waals surface area contributed by atoms with E-state index in [1.165, 1.54) is 35.1 Å². The van der Waals surface area contributed by atoms with Gasteiger partial charge in [0.05, 0.1) is 18.3 Å². The summed E-state index contributed by atoms with van der Waals surface area (Å²) in [5.41, 5.74) is 5.68. The summed E-state index contributed by atoms with van der Waals surface area (Å²) in [6.07, 6.45) is 5.86. The first kappa shape index (κ1) is 23.5. The number of amides is 2. The fraction of sp³-hybridized carbons (Fsp3) is 0.391. The zero-order valence-corrected chi connectivity index (χ0v) is 19.4. The van der Waals surface area contributed by atoms with Gasteiger partial charge in [-0.25, -0.2) is 4.98 Å². The van der Waals surface area contributed by atoms with E-state index in [4.69, 9.17) is 4.74 Å². The number of nitrogens with zero attached hydrogens (tertiary/aromatic N) is 2. The van der Waals surface area contributed by atoms with Crippen molar-refractivity contribution in [1.29, 1.82) is 0 Å². The lowest BCUT2D eigenvalue weighted by molar-refractivity contribution is -0.122. The van der Waals surface area contributed by atoms with Gasteiger partial charge in [0.15, 0.2) is 0 Å². The summed E-state index contributed by atoms with van der Waals surface area (Å²) in [6.45, 7) is 6.35. The molecule has 0 aliphatic heterocycles. The Morgan fingerprint density at radius 2 is 1.84 bits per heavy atom. The van der Waals surface area contributed by atoms with E-state index in [1.807, 2.05) is 13.8 Å². The minimum Gasteiger partial charge on any atom is -0.494 e. The molecule has 0 saturated carbocycles. The average molecular weight is 457 g/mol. The Labute approximate surface area is 190 Å². The van der Waals surface area contributed by atoms with E-state index >= 15 is 0 Å². The van der Waals surface area contributed by atoms with Crippen LogP contribution in [0.2, 0.25) is 0 Å². The fourth-order valence-corrected chi connectivity index (χ4v) is 4.18. The van der Waals surface area contributed by atoms with Gasteiger partial charge in [-0.05, 0) is 50.1 Å². The van der Waals surface area contributed by atoms with E-state index < -0.39 is 11.8 Å². The first-order valence-corrected chi connectivity index (χ1v) is 11.5. The largest absolute Gasteiger partial charge is 0.494 e. The van der Waals surface area contributed by atoms with Crippen LogP contribution >= 0.6 is 11.3 Å². The van der Waals surface area contributed by atoms with Crippen LogP contribution in [-0.2, 0) is 11.3 Å². The molecule has 0 aliphatic carbocycles. The average Bonchev–Trinajstić information content (AvgIpc) is 3.08. The maximum atomic E-state index is 12.7. The topological polar surface area (TPSA) is 102 Å². The second-order valence-electron chi connectivity index (χ2n) is 7.58. The molecular weight excluding hydrogens is 428 g/mol. The molecule has 2 N–H and O–H groups in total. The number of unbranched alkanes of at least 4 members (excludes halogenated alkanes) is 3. The highest BCUT2D eigenvalue weighted by molar-refractivity contribution is 7.18. The zero-order chi connectivity index (χ0) is 23.1. The fourth-order valence-electron chi connectivity index (χ4n) is 3.20. The second kappa shape index (κ2) is 10.9. The van der Waals surface area contributed by atoms with Crippen molar-refractivity contribution < 1.29 is 14.3 Å². The van der Waals surface area contributed by atoms with Crippen molar-refractivity contribution in [3.8, 4) is 5.75 Å². The lowest BCUT2D eigenvalue weighted by atomic mass is 10.2. The summed E-state index contributed by atoms with van der Waals surface area (Å²) in [4.78, 5) is 43.1. The van der Waals surface area contributed by atoms with Crippen molar-refractivity contribution >= 4 is 33.4 Å². The van der Waals surface area contributed by atoms with Gasteiger partial charge in [0, 0.05) is 10.4 Å². The van der Waals surface area contributed by atoms with E-state index in [2.05, 4.69) is 22.8 Å². The molecule has 8 nitrogen and oxygen atoms in total. The smallest absolute Gasteiger partial charge is 0.269 e. The zero-order valence-electron chi connectivity index (χ0n) is 18.6. The first-order chi connectivity index (χ1) is 15.4. The molecule has 3 rings (SSSR count). The van der Waals surface area contributed by atoms with Crippen LogP contribution in [-0.4, -0.2) is 28.0 Å². The molecule has 2 heterocycles. The van der Waals surface area contributed by atoms with E-state index in [0.717, 1.165) is 23.3 Å². The monoisotopic (exact) mass is 456 g/mol. The van der Waals surface area contributed by atoms with Crippen LogP contribution in [0.4, 0.5) is 0 Å². The first-order valence-electron chi connectivity index (χ1n) is 10.7. The van der Waals surface area contributed by atoms with Gasteiger partial charge in [-0.3, -0.25) is 29.8 Å². The van der Waals surface area contributed by atoms with Crippen LogP contribution in [0.25, 0.3) is 10.2 Å². The lowest BCUT2D eigenvalue weighted by Crippen LogP contribution is -2.44. The highest BCUT2D eigenvalue weighted by Gasteiger charge is 2.14. The van der Waals surface area contributed by atoms with E-state index in [-0.39, 0.29) is 12.1 Å². The number of nitrogens with one attached hydrogen (secondary N) is 2. The number of hydrogen-bond acceptors (Lipinski definition) is 6. The van der Waals surface area contributed by atoms with Crippen molar-refractivity contribution in [3.05, 3.63) is 57.0 Å². The highest BCUT2D eigenvalue weighted by Crippen LogP contribution is 2.25. The predicted molar refractivity (Wildman–Crippen MR) is 125 cm³/mol. The van der Waals surface area contributed by atoms with Gasteiger partial charge in [-0.15, -0.1) is 11.3 Å². The van der Waals surface area contributed by atoms with Gasteiger partial charge in [0.25, 0.3) is 17.4 Å². The summed E-state index contributed by atoms with van der Waals surface area (Å²) in [5.74, 6) is -0.292. The normalized spacial score (nSPS) is 10.8. The predicted octanol–water partition coefficient (Wildman–Crippen LogP) is 3.50. The summed E-state index contributed by atoms with van der Waals surface area (Å²) < 4.78 is 6.90. The quantitative estimate of drug-likeness (QED) is 0.379. The third-order valence-corrected chi connectivity index (χ3v) is 6.28. The number of fused-ring (bicyclic) bond motifs is 1. The molecule has 3 aromatic rings. The molecule has 2 aromatic heterocycles. The van der Waals surface area contributed by atoms with Crippen molar-refractivity contribution in [2.75, 3.05) is 6.61 Å². The molecule has 2 amide bonds. The van der Waals surface area contributed by atoms with Crippen molar-refractivity contribution in [2.24, 2.45) is 0 Å². The molecule has 32 heavy (non-hydrogen) atoms. The van der Waals surface area contributed by atoms with Crippen LogP contribution < -0.4 is 21.1 Å². The van der Waals surface area contributed by atoms with Gasteiger partial charge >= 0.3 is 0 Å². The Morgan fingerprint density at radius 3 is 2.56 bits per heavy atom. The number of hydrazine groups is 1. The van der Waals surface area contributed by atoms with E-state index in [1.54, 1.807) is 24.3 Å². The Bertz CT molecular complexity index is 1150. The molecule has 170 valence electrons. The molecule has 0 spiro atoms. The van der Waals surface area contributed by atoms with Crippen LogP contribution in [0.15, 0.2) is 35.4 Å². The molecule has 0 unspecified atom stereocenters. The SMILES string of the molecule is CCCCCCOc1ccc(C(=O)NNC(=O)Cn2cnc3sc(C)c(C)c3c2=O)cc1. The maximum absolute atomic E-state index is 12.7. The number of rotatable bonds is 9. The molecule has 9 heteroatoms. The summed E-state index contributed by atoms with van der Waals surface area (Å²) >= 11 is 1.45. The standard InChI is InChI=1S/C23H28N4O4S/c1-4-5-6-7-12-31-18-10-8-17(9-11-18)21(29)26-25-19(28)13-27-14-24-22-20(23(27)30)15(2)16(3)32-22/h8-11,14H,4-7,12-13H2,1-3H3,(H,25,28)(H,26,29). The number of benzene rings is 1. The Morgan fingerprint density at radius 1 is 1.09 bits per heavy atom. The molecule has 0 saturated heterocycles. The number of carbonyl (C=O) groups excluding carboxylic acids is 2. The van der Waals surface area contributed by atoms with Crippen LogP contribution in [0, 0.1) is 13.8 Å². The Hall–Kier alpha value is -3.20. The molecule has 0 fully saturated rings. The molecular formula is C23H28N4O4S. The Balaban J connectivity index is 1.51. The number of ether oxygens (including phenoxy) is 1. The van der Waals surface area contributed by atoms with Crippen molar-refractivity contribution in [2.45, 2.75) is 53.0 Å². The van der Waals surface area contributed by atoms with Gasteiger partial charge in [0.1, 0.15) is 17.1 Å². The minimum atomic E-state index is -0.529. The second-order valence-corrected chi connectivity index (χ2v) is 8.78. The van der Waals surface area contributed by atoms with Gasteiger partial charge < -0.3 is 4.74 Å². The molecule has 0 atom stereocenters. The lowest BCUT2D eigenvalue weighted by Gasteiger charge is -2.10. The van der Waals surface area contributed by atoms with E-state index in [9.17, 15) is 14.4 Å². The highest BCUT2D eigenvalue weighted by atomic mass is 32.1. The van der Waals surface area contributed by atoms with Crippen LogP contribution in [0.3, 0.4) is 0 Å². The van der Waals surface area contributed by atoms with Gasteiger partial charge in [-0.2, -0.15) is 0 Å². The van der Waals surface area contributed by atoms with Crippen LogP contribution in [0.1, 0.15) is 53.4 Å². The minimum absolute atomic E-state index is 0.249. The third kappa shape index (κ3) is 5.73. The number of thiophene rings is 1. The summed E-state index contributed by atoms with van der Waals surface area (Å²) in [5, 5.41) is 0.527. The third-order valence-electron chi connectivity index (χ3n) is 5.17. The van der Waals surface area contributed by atoms with Crippen molar-refractivity contribution in [3.63, 3.8) is 0 Å². The summed E-state index contributed by atoms with van der Waals surface area (Å²) in [7, 11) is 0. The Kier molecular flexibility index (Phi) is 7.99. The summed E-state index contributed by atoms with van der Waals surface area (Å²) in [6, 6.07) is 6.71. The van der Waals surface area contributed by atoms with E-state index in [0.29, 0.717) is 28.1 Å². The molecule has 0 radical (unpaired) electrons. The number of hydrogen-bond donors (Lipinski definition) is 2. The molecule has 0 aliphatic rings. The number of carbonyl (C=O) groups is 2. The number of aryl methyl sites for hydroxylation is 2. The van der Waals surface area contributed by atoms with Crippen LogP contribution in [0.5, 0.6) is 5.75 Å².